The van der Waals surface area contributed by atoms with Crippen LogP contribution in [-0.4, -0.2) is 43.3 Å². The Labute approximate surface area is 200 Å². The average Bonchev–Trinajstić information content (AvgIpc) is 3.20. The van der Waals surface area contributed by atoms with Crippen LogP contribution in [0.2, 0.25) is 0 Å². The molecule has 1 amide bonds. The predicted molar refractivity (Wildman–Crippen MR) is 131 cm³/mol. The van der Waals surface area contributed by atoms with Crippen molar-refractivity contribution in [2.24, 2.45) is 4.99 Å². The molecule has 7 nitrogen and oxygen atoms in total. The lowest BCUT2D eigenvalue weighted by Gasteiger charge is -2.22. The first-order valence-corrected chi connectivity index (χ1v) is 11.0. The van der Waals surface area contributed by atoms with Gasteiger partial charge in [-0.25, -0.2) is 9.18 Å². The fourth-order valence-corrected chi connectivity index (χ4v) is 4.27. The zero-order valence-corrected chi connectivity index (χ0v) is 19.2. The number of nitrogens with zero attached hydrogens (tertiary/aromatic N) is 2. The molecule has 0 fully saturated rings. The van der Waals surface area contributed by atoms with E-state index >= 15 is 4.39 Å². The van der Waals surface area contributed by atoms with Crippen molar-refractivity contribution >= 4 is 34.2 Å². The number of hydrogen-bond donors (Lipinski definition) is 1. The van der Waals surface area contributed by atoms with Crippen LogP contribution in [0, 0.1) is 5.82 Å². The summed E-state index contributed by atoms with van der Waals surface area (Å²) in [6, 6.07) is 19.2. The van der Waals surface area contributed by atoms with Crippen molar-refractivity contribution in [2.75, 3.05) is 25.7 Å². The van der Waals surface area contributed by atoms with Crippen LogP contribution in [0.5, 0.6) is 5.75 Å². The largest absolute Gasteiger partial charge is 0.497 e. The second kappa shape index (κ2) is 9.06. The second-order valence-corrected chi connectivity index (χ2v) is 8.07. The molecule has 0 spiro atoms. The third-order valence-electron chi connectivity index (χ3n) is 6.00. The number of aliphatic imine (C=N–C) groups is 1. The van der Waals surface area contributed by atoms with Gasteiger partial charge < -0.3 is 19.4 Å². The van der Waals surface area contributed by atoms with E-state index in [4.69, 9.17) is 9.47 Å². The maximum atomic E-state index is 15.2. The molecule has 35 heavy (non-hydrogen) atoms. The highest BCUT2D eigenvalue weighted by Crippen LogP contribution is 2.36. The number of anilines is 1. The molecular formula is C27H22FN3O4. The number of aromatic nitrogens is 1. The SMILES string of the molecule is COC(=O)c1ccc(C2=NCC(=O)N(Cc3ccc(OC)cc3)c3c2[nH]c2ccccc32)c(F)c1. The van der Waals surface area contributed by atoms with E-state index in [1.165, 1.54) is 19.2 Å². The molecule has 0 bridgehead atoms. The number of H-pyrrole nitrogens is 1. The number of nitrogens with one attached hydrogen (secondary N) is 1. The van der Waals surface area contributed by atoms with Gasteiger partial charge in [0.1, 0.15) is 18.1 Å². The lowest BCUT2D eigenvalue weighted by atomic mass is 10.0. The average molecular weight is 471 g/mol. The normalized spacial score (nSPS) is 13.3. The standard InChI is InChI=1S/C27H22FN3O4/c1-34-18-10-7-16(8-11-18)15-31-23(32)14-29-24(19-12-9-17(13-21(19)28)27(33)35-2)25-26(31)20-5-3-4-6-22(20)30-25/h3-13,30H,14-15H2,1-2H3. The Bertz CT molecular complexity index is 1470. The first-order chi connectivity index (χ1) is 17.0. The van der Waals surface area contributed by atoms with Gasteiger partial charge in [-0.2, -0.15) is 0 Å². The van der Waals surface area contributed by atoms with Crippen molar-refractivity contribution in [2.45, 2.75) is 6.54 Å². The molecule has 0 radical (unpaired) electrons. The number of amides is 1. The summed E-state index contributed by atoms with van der Waals surface area (Å²) in [5, 5.41) is 0.825. The van der Waals surface area contributed by atoms with Crippen molar-refractivity contribution in [3.63, 3.8) is 0 Å². The number of methoxy groups -OCH3 is 2. The summed E-state index contributed by atoms with van der Waals surface area (Å²) < 4.78 is 25.1. The van der Waals surface area contributed by atoms with Crippen LogP contribution in [-0.2, 0) is 16.1 Å². The number of carbonyl (C=O) groups is 2. The molecule has 3 aromatic carbocycles. The van der Waals surface area contributed by atoms with Crippen molar-refractivity contribution in [3.8, 4) is 5.75 Å². The quantitative estimate of drug-likeness (QED) is 0.435. The minimum atomic E-state index is -0.634. The number of fused-ring (bicyclic) bond motifs is 3. The Balaban J connectivity index is 1.64. The van der Waals surface area contributed by atoms with E-state index < -0.39 is 11.8 Å². The van der Waals surface area contributed by atoms with Gasteiger partial charge >= 0.3 is 5.97 Å². The number of esters is 1. The summed E-state index contributed by atoms with van der Waals surface area (Å²) in [6.07, 6.45) is 0. The van der Waals surface area contributed by atoms with Crippen LogP contribution in [0.15, 0.2) is 71.7 Å². The smallest absolute Gasteiger partial charge is 0.337 e. The van der Waals surface area contributed by atoms with E-state index in [0.717, 1.165) is 28.3 Å². The van der Waals surface area contributed by atoms with Gasteiger partial charge in [-0.15, -0.1) is 0 Å². The summed E-state index contributed by atoms with van der Waals surface area (Å²) in [5.74, 6) is -0.758. The van der Waals surface area contributed by atoms with Gasteiger partial charge in [0.25, 0.3) is 0 Å². The molecule has 1 aliphatic rings. The summed E-state index contributed by atoms with van der Waals surface area (Å²) in [5.41, 5.74) is 3.47. The van der Waals surface area contributed by atoms with Gasteiger partial charge in [-0.3, -0.25) is 9.79 Å². The Hall–Kier alpha value is -4.46. The lowest BCUT2D eigenvalue weighted by Crippen LogP contribution is -2.31. The van der Waals surface area contributed by atoms with Crippen LogP contribution >= 0.6 is 0 Å². The van der Waals surface area contributed by atoms with Gasteiger partial charge in [0, 0.05) is 16.5 Å². The minimum Gasteiger partial charge on any atom is -0.497 e. The van der Waals surface area contributed by atoms with Crippen molar-refractivity contribution in [1.82, 2.24) is 4.98 Å². The van der Waals surface area contributed by atoms with Gasteiger partial charge in [-0.1, -0.05) is 30.3 Å². The Kier molecular flexibility index (Phi) is 5.78. The number of carbonyl (C=O) groups excluding carboxylic acids is 2. The van der Waals surface area contributed by atoms with Crippen LogP contribution in [0.1, 0.15) is 27.2 Å². The Morgan fingerprint density at radius 1 is 1.09 bits per heavy atom. The van der Waals surface area contributed by atoms with Gasteiger partial charge in [-0.05, 0) is 42.0 Å². The highest BCUT2D eigenvalue weighted by Gasteiger charge is 2.30. The summed E-state index contributed by atoms with van der Waals surface area (Å²) in [6.45, 7) is 0.158. The van der Waals surface area contributed by atoms with Gasteiger partial charge in [0.15, 0.2) is 0 Å². The van der Waals surface area contributed by atoms with Crippen LogP contribution in [0.4, 0.5) is 10.1 Å². The Morgan fingerprint density at radius 2 is 1.86 bits per heavy atom. The molecule has 4 aromatic rings. The summed E-state index contributed by atoms with van der Waals surface area (Å²) in [4.78, 5) is 34.7. The predicted octanol–water partition coefficient (Wildman–Crippen LogP) is 4.49. The number of ether oxygens (including phenoxy) is 2. The highest BCUT2D eigenvalue weighted by atomic mass is 19.1. The summed E-state index contributed by atoms with van der Waals surface area (Å²) in [7, 11) is 2.84. The molecule has 0 unspecified atom stereocenters. The molecule has 5 rings (SSSR count). The van der Waals surface area contributed by atoms with E-state index in [-0.39, 0.29) is 23.6 Å². The van der Waals surface area contributed by atoms with E-state index in [9.17, 15) is 9.59 Å². The van der Waals surface area contributed by atoms with Crippen LogP contribution in [0.3, 0.4) is 0 Å². The monoisotopic (exact) mass is 471 g/mol. The number of aromatic amines is 1. The zero-order chi connectivity index (χ0) is 24.5. The number of para-hydroxylation sites is 1. The molecule has 176 valence electrons. The molecule has 2 heterocycles. The molecule has 0 saturated heterocycles. The number of halogens is 1. The van der Waals surface area contributed by atoms with Crippen molar-refractivity contribution < 1.29 is 23.5 Å². The van der Waals surface area contributed by atoms with Gasteiger partial charge in [0.05, 0.1) is 43.4 Å². The van der Waals surface area contributed by atoms with Crippen LogP contribution in [0.25, 0.3) is 10.9 Å². The van der Waals surface area contributed by atoms with E-state index in [1.807, 2.05) is 48.5 Å². The molecule has 0 atom stereocenters. The maximum Gasteiger partial charge on any atom is 0.337 e. The third kappa shape index (κ3) is 4.03. The van der Waals surface area contributed by atoms with Crippen molar-refractivity contribution in [1.29, 1.82) is 0 Å². The number of hydrogen-bond acceptors (Lipinski definition) is 5. The van der Waals surface area contributed by atoms with E-state index in [2.05, 4.69) is 9.98 Å². The third-order valence-corrected chi connectivity index (χ3v) is 6.00. The van der Waals surface area contributed by atoms with Crippen molar-refractivity contribution in [3.05, 3.63) is 94.9 Å². The fraction of sp³-hybridized carbons (Fsp3) is 0.148. The minimum absolute atomic E-state index is 0.0945. The molecule has 1 aromatic heterocycles. The van der Waals surface area contributed by atoms with E-state index in [1.54, 1.807) is 12.0 Å². The fourth-order valence-electron chi connectivity index (χ4n) is 4.27. The first-order valence-electron chi connectivity index (χ1n) is 11.0. The topological polar surface area (TPSA) is 84.0 Å². The molecule has 1 N–H and O–H groups in total. The highest BCUT2D eigenvalue weighted by molar-refractivity contribution is 6.23. The van der Waals surface area contributed by atoms with E-state index in [0.29, 0.717) is 23.6 Å². The molecule has 8 heteroatoms. The number of rotatable bonds is 5. The maximum absolute atomic E-state index is 15.2. The van der Waals surface area contributed by atoms with Crippen LogP contribution < -0.4 is 9.64 Å². The molecular weight excluding hydrogens is 449 g/mol. The second-order valence-electron chi connectivity index (χ2n) is 8.07. The lowest BCUT2D eigenvalue weighted by molar-refractivity contribution is -0.117. The zero-order valence-electron chi connectivity index (χ0n) is 19.2. The molecule has 0 aliphatic carbocycles. The molecule has 0 saturated carbocycles. The first kappa shape index (κ1) is 22.3. The summed E-state index contributed by atoms with van der Waals surface area (Å²) >= 11 is 0. The Morgan fingerprint density at radius 3 is 2.57 bits per heavy atom. The van der Waals surface area contributed by atoms with Gasteiger partial charge in [0.2, 0.25) is 5.91 Å². The number of benzene rings is 3. The molecule has 1 aliphatic heterocycles.